The molecular formula is C16H19N3. The molecule has 1 heterocycles. The van der Waals surface area contributed by atoms with Gasteiger partial charge in [-0.25, -0.2) is 4.98 Å². The van der Waals surface area contributed by atoms with E-state index < -0.39 is 0 Å². The van der Waals surface area contributed by atoms with Crippen molar-refractivity contribution >= 4 is 16.7 Å². The van der Waals surface area contributed by atoms with Crippen LogP contribution < -0.4 is 10.9 Å². The minimum atomic E-state index is 0.865. The number of hydrogen-bond acceptors (Lipinski definition) is 3. The standard InChI is InChI=1S/C16H19N3/c1-2-4-9-14(8-3-1)18-19-16-12-11-13-7-5-6-10-15(13)17-16/h5-8,10-12,18H,1-4,9H2,(H,17,19). The molecule has 3 rings (SSSR count). The molecule has 0 spiro atoms. The van der Waals surface area contributed by atoms with Gasteiger partial charge in [0.2, 0.25) is 0 Å². The van der Waals surface area contributed by atoms with Gasteiger partial charge in [0, 0.05) is 11.1 Å². The minimum Gasteiger partial charge on any atom is -0.304 e. The Morgan fingerprint density at radius 3 is 2.84 bits per heavy atom. The fourth-order valence-electron chi connectivity index (χ4n) is 2.41. The van der Waals surface area contributed by atoms with Crippen LogP contribution in [-0.4, -0.2) is 4.98 Å². The van der Waals surface area contributed by atoms with Gasteiger partial charge in [-0.05, 0) is 43.9 Å². The lowest BCUT2D eigenvalue weighted by atomic mass is 10.2. The fraction of sp³-hybridized carbons (Fsp3) is 0.312. The molecule has 2 N–H and O–H groups in total. The quantitative estimate of drug-likeness (QED) is 0.812. The number of pyridine rings is 1. The highest BCUT2D eigenvalue weighted by molar-refractivity contribution is 5.79. The van der Waals surface area contributed by atoms with Crippen LogP contribution >= 0.6 is 0 Å². The lowest BCUT2D eigenvalue weighted by Crippen LogP contribution is -2.21. The second-order valence-corrected chi connectivity index (χ2v) is 4.97. The van der Waals surface area contributed by atoms with E-state index in [9.17, 15) is 0 Å². The summed E-state index contributed by atoms with van der Waals surface area (Å²) < 4.78 is 0. The van der Waals surface area contributed by atoms with E-state index in [-0.39, 0.29) is 0 Å². The van der Waals surface area contributed by atoms with Crippen LogP contribution in [0.5, 0.6) is 0 Å². The SMILES string of the molecule is C1=C(NNc2ccc3ccccc3n2)CCCCC1. The van der Waals surface area contributed by atoms with Crippen LogP contribution in [0, 0.1) is 0 Å². The zero-order valence-electron chi connectivity index (χ0n) is 11.0. The fourth-order valence-corrected chi connectivity index (χ4v) is 2.41. The van der Waals surface area contributed by atoms with Gasteiger partial charge in [0.15, 0.2) is 0 Å². The summed E-state index contributed by atoms with van der Waals surface area (Å²) in [6.45, 7) is 0. The van der Waals surface area contributed by atoms with E-state index in [1.807, 2.05) is 24.3 Å². The number of aromatic nitrogens is 1. The molecule has 3 heteroatoms. The Bertz CT molecular complexity index is 589. The number of rotatable bonds is 3. The predicted molar refractivity (Wildman–Crippen MR) is 79.7 cm³/mol. The van der Waals surface area contributed by atoms with Gasteiger partial charge < -0.3 is 5.43 Å². The Morgan fingerprint density at radius 1 is 0.895 bits per heavy atom. The summed E-state index contributed by atoms with van der Waals surface area (Å²) in [4.78, 5) is 4.58. The first kappa shape index (κ1) is 12.0. The maximum atomic E-state index is 4.58. The largest absolute Gasteiger partial charge is 0.304 e. The predicted octanol–water partition coefficient (Wildman–Crippen LogP) is 4.00. The molecule has 0 saturated carbocycles. The van der Waals surface area contributed by atoms with Gasteiger partial charge in [0.05, 0.1) is 5.52 Å². The number of hydrazine groups is 1. The maximum absolute atomic E-state index is 4.58. The topological polar surface area (TPSA) is 37.0 Å². The highest BCUT2D eigenvalue weighted by Crippen LogP contribution is 2.16. The zero-order chi connectivity index (χ0) is 12.9. The van der Waals surface area contributed by atoms with Crippen LogP contribution in [0.3, 0.4) is 0 Å². The van der Waals surface area contributed by atoms with Crippen molar-refractivity contribution in [2.24, 2.45) is 0 Å². The molecule has 0 fully saturated rings. The van der Waals surface area contributed by atoms with Crippen molar-refractivity contribution in [2.45, 2.75) is 32.1 Å². The van der Waals surface area contributed by atoms with Crippen LogP contribution in [0.4, 0.5) is 5.82 Å². The van der Waals surface area contributed by atoms with Gasteiger partial charge in [-0.3, -0.25) is 5.43 Å². The van der Waals surface area contributed by atoms with Gasteiger partial charge in [0.1, 0.15) is 5.82 Å². The first-order chi connectivity index (χ1) is 9.42. The number of fused-ring (bicyclic) bond motifs is 1. The Labute approximate surface area is 113 Å². The zero-order valence-corrected chi connectivity index (χ0v) is 11.0. The van der Waals surface area contributed by atoms with Gasteiger partial charge in [-0.2, -0.15) is 0 Å². The molecule has 0 aliphatic heterocycles. The molecule has 3 nitrogen and oxygen atoms in total. The first-order valence-corrected chi connectivity index (χ1v) is 6.99. The third kappa shape index (κ3) is 3.05. The van der Waals surface area contributed by atoms with Crippen molar-refractivity contribution in [2.75, 3.05) is 5.43 Å². The molecule has 1 aliphatic rings. The van der Waals surface area contributed by atoms with E-state index >= 15 is 0 Å². The van der Waals surface area contributed by atoms with Crippen LogP contribution in [0.25, 0.3) is 10.9 Å². The smallest absolute Gasteiger partial charge is 0.145 e. The summed E-state index contributed by atoms with van der Waals surface area (Å²) in [5.74, 6) is 0.865. The summed E-state index contributed by atoms with van der Waals surface area (Å²) in [5.41, 5.74) is 8.80. The number of hydrogen-bond donors (Lipinski definition) is 2. The van der Waals surface area contributed by atoms with Gasteiger partial charge >= 0.3 is 0 Å². The van der Waals surface area contributed by atoms with Gasteiger partial charge in [-0.1, -0.05) is 30.7 Å². The third-order valence-corrected chi connectivity index (χ3v) is 3.49. The molecular weight excluding hydrogens is 234 g/mol. The number of para-hydroxylation sites is 1. The summed E-state index contributed by atoms with van der Waals surface area (Å²) in [6, 6.07) is 12.3. The molecule has 0 bridgehead atoms. The Hall–Kier alpha value is -2.03. The van der Waals surface area contributed by atoms with Gasteiger partial charge in [-0.15, -0.1) is 0 Å². The van der Waals surface area contributed by atoms with Crippen LogP contribution in [-0.2, 0) is 0 Å². The Balaban J connectivity index is 1.69. The van der Waals surface area contributed by atoms with E-state index in [2.05, 4.69) is 34.0 Å². The Morgan fingerprint density at radius 2 is 1.84 bits per heavy atom. The molecule has 0 atom stereocenters. The average molecular weight is 253 g/mol. The molecule has 1 aliphatic carbocycles. The highest BCUT2D eigenvalue weighted by Gasteiger charge is 2.02. The van der Waals surface area contributed by atoms with Crippen LogP contribution in [0.15, 0.2) is 48.2 Å². The van der Waals surface area contributed by atoms with E-state index in [0.29, 0.717) is 0 Å². The van der Waals surface area contributed by atoms with E-state index in [1.54, 1.807) is 0 Å². The van der Waals surface area contributed by atoms with E-state index in [4.69, 9.17) is 0 Å². The molecule has 98 valence electrons. The van der Waals surface area contributed by atoms with Crippen molar-refractivity contribution in [3.63, 3.8) is 0 Å². The number of anilines is 1. The van der Waals surface area contributed by atoms with Crippen molar-refractivity contribution in [1.82, 2.24) is 10.4 Å². The molecule has 1 aromatic carbocycles. The molecule has 0 unspecified atom stereocenters. The van der Waals surface area contributed by atoms with Crippen molar-refractivity contribution in [3.8, 4) is 0 Å². The summed E-state index contributed by atoms with van der Waals surface area (Å²) >= 11 is 0. The van der Waals surface area contributed by atoms with E-state index in [1.165, 1.54) is 36.8 Å². The molecule has 0 radical (unpaired) electrons. The van der Waals surface area contributed by atoms with Crippen LogP contribution in [0.1, 0.15) is 32.1 Å². The number of benzene rings is 1. The maximum Gasteiger partial charge on any atom is 0.145 e. The molecule has 0 saturated heterocycles. The normalized spacial score (nSPS) is 15.7. The molecule has 19 heavy (non-hydrogen) atoms. The summed E-state index contributed by atoms with van der Waals surface area (Å²) in [5, 5.41) is 1.17. The molecule has 2 aromatic rings. The summed E-state index contributed by atoms with van der Waals surface area (Å²) in [7, 11) is 0. The van der Waals surface area contributed by atoms with Crippen molar-refractivity contribution < 1.29 is 0 Å². The second kappa shape index (κ2) is 5.74. The second-order valence-electron chi connectivity index (χ2n) is 4.97. The minimum absolute atomic E-state index is 0.865. The molecule has 1 aromatic heterocycles. The number of nitrogens with zero attached hydrogens (tertiary/aromatic N) is 1. The summed E-state index contributed by atoms with van der Waals surface area (Å²) in [6.07, 6.45) is 8.50. The monoisotopic (exact) mass is 253 g/mol. The van der Waals surface area contributed by atoms with Crippen molar-refractivity contribution in [1.29, 1.82) is 0 Å². The average Bonchev–Trinajstić information content (AvgIpc) is 2.73. The highest BCUT2D eigenvalue weighted by atomic mass is 15.4. The lowest BCUT2D eigenvalue weighted by molar-refractivity contribution is 0.697. The number of nitrogens with one attached hydrogen (secondary N) is 2. The Kier molecular flexibility index (Phi) is 3.63. The van der Waals surface area contributed by atoms with E-state index in [0.717, 1.165) is 17.8 Å². The van der Waals surface area contributed by atoms with Crippen molar-refractivity contribution in [3.05, 3.63) is 48.2 Å². The first-order valence-electron chi connectivity index (χ1n) is 6.99. The lowest BCUT2D eigenvalue weighted by Gasteiger charge is -2.12. The van der Waals surface area contributed by atoms with Gasteiger partial charge in [0.25, 0.3) is 0 Å². The van der Waals surface area contributed by atoms with Crippen LogP contribution in [0.2, 0.25) is 0 Å². The molecule has 0 amide bonds. The number of allylic oxidation sites excluding steroid dienone is 2. The third-order valence-electron chi connectivity index (χ3n) is 3.49.